The molecule has 3 rings (SSSR count). The molecule has 0 saturated carbocycles. The molecule has 0 aromatic heterocycles. The van der Waals surface area contributed by atoms with Gasteiger partial charge in [0, 0.05) is 25.0 Å². The van der Waals surface area contributed by atoms with Crippen LogP contribution in [0.1, 0.15) is 23.2 Å². The number of nitrogens with one attached hydrogen (secondary N) is 1. The number of benzene rings is 1. The summed E-state index contributed by atoms with van der Waals surface area (Å²) in [6, 6.07) is 4.40. The van der Waals surface area contributed by atoms with Crippen molar-refractivity contribution in [3.05, 3.63) is 29.6 Å². The van der Waals surface area contributed by atoms with Gasteiger partial charge in [-0.05, 0) is 31.5 Å². The maximum Gasteiger partial charge on any atom is 0.256 e. The number of amides is 1. The van der Waals surface area contributed by atoms with Crippen molar-refractivity contribution in [1.29, 1.82) is 0 Å². The van der Waals surface area contributed by atoms with Crippen molar-refractivity contribution in [2.75, 3.05) is 31.9 Å². The summed E-state index contributed by atoms with van der Waals surface area (Å²) < 4.78 is 13.4. The second kappa shape index (κ2) is 4.49. The molecular formula is C14H18FN3O. The fourth-order valence-corrected chi connectivity index (χ4v) is 3.15. The number of hydrogen-bond acceptors (Lipinski definition) is 3. The maximum absolute atomic E-state index is 13.4. The molecule has 2 fully saturated rings. The van der Waals surface area contributed by atoms with Gasteiger partial charge in [0.25, 0.3) is 5.91 Å². The number of hydrogen-bond donors (Lipinski definition) is 2. The third-order valence-electron chi connectivity index (χ3n) is 4.34. The van der Waals surface area contributed by atoms with Crippen molar-refractivity contribution < 1.29 is 9.18 Å². The van der Waals surface area contributed by atoms with Gasteiger partial charge in [-0.1, -0.05) is 6.07 Å². The molecule has 0 radical (unpaired) electrons. The molecule has 1 atom stereocenters. The van der Waals surface area contributed by atoms with Crippen molar-refractivity contribution in [2.45, 2.75) is 12.8 Å². The zero-order chi connectivity index (χ0) is 13.5. The first-order valence-electron chi connectivity index (χ1n) is 6.65. The zero-order valence-corrected chi connectivity index (χ0v) is 10.8. The third-order valence-corrected chi connectivity index (χ3v) is 4.34. The predicted octanol–water partition coefficient (Wildman–Crippen LogP) is 1.23. The van der Waals surface area contributed by atoms with E-state index in [1.807, 2.05) is 0 Å². The van der Waals surface area contributed by atoms with E-state index in [1.165, 1.54) is 12.1 Å². The van der Waals surface area contributed by atoms with E-state index in [-0.39, 0.29) is 22.6 Å². The van der Waals surface area contributed by atoms with Crippen LogP contribution in [0, 0.1) is 11.2 Å². The Morgan fingerprint density at radius 2 is 2.26 bits per heavy atom. The first-order valence-corrected chi connectivity index (χ1v) is 6.65. The Kier molecular flexibility index (Phi) is 2.93. The molecule has 1 aromatic rings. The van der Waals surface area contributed by atoms with Gasteiger partial charge in [-0.2, -0.15) is 0 Å². The molecule has 19 heavy (non-hydrogen) atoms. The van der Waals surface area contributed by atoms with Gasteiger partial charge in [-0.3, -0.25) is 4.79 Å². The fourth-order valence-electron chi connectivity index (χ4n) is 3.15. The first kappa shape index (κ1) is 12.4. The summed E-state index contributed by atoms with van der Waals surface area (Å²) in [4.78, 5) is 14.2. The highest BCUT2D eigenvalue weighted by atomic mass is 19.1. The van der Waals surface area contributed by atoms with Crippen LogP contribution in [0.2, 0.25) is 0 Å². The van der Waals surface area contributed by atoms with Gasteiger partial charge in [0.1, 0.15) is 5.82 Å². The molecule has 0 aliphatic carbocycles. The van der Waals surface area contributed by atoms with Crippen molar-refractivity contribution in [1.82, 2.24) is 10.2 Å². The molecule has 2 saturated heterocycles. The Morgan fingerprint density at radius 1 is 1.42 bits per heavy atom. The Labute approximate surface area is 111 Å². The van der Waals surface area contributed by atoms with Crippen molar-refractivity contribution in [2.24, 2.45) is 5.41 Å². The van der Waals surface area contributed by atoms with E-state index in [0.29, 0.717) is 0 Å². The smallest absolute Gasteiger partial charge is 0.256 e. The van der Waals surface area contributed by atoms with E-state index in [4.69, 9.17) is 5.73 Å². The Hall–Kier alpha value is -1.62. The highest BCUT2D eigenvalue weighted by molar-refractivity contribution is 5.99. The van der Waals surface area contributed by atoms with Crippen molar-refractivity contribution in [3.63, 3.8) is 0 Å². The van der Waals surface area contributed by atoms with Gasteiger partial charge in [0.15, 0.2) is 0 Å². The monoisotopic (exact) mass is 263 g/mol. The van der Waals surface area contributed by atoms with Crippen LogP contribution in [0.25, 0.3) is 0 Å². The quantitative estimate of drug-likeness (QED) is 0.749. The number of nitrogens with two attached hydrogens (primary N) is 1. The lowest BCUT2D eigenvalue weighted by Gasteiger charge is -2.23. The highest BCUT2D eigenvalue weighted by Gasteiger charge is 2.42. The average molecular weight is 263 g/mol. The summed E-state index contributed by atoms with van der Waals surface area (Å²) in [6.07, 6.45) is 2.12. The summed E-state index contributed by atoms with van der Waals surface area (Å²) in [5.74, 6) is -0.678. The number of nitrogens with zero attached hydrogens (tertiary/aromatic N) is 1. The standard InChI is InChI=1S/C14H18FN3O/c15-11-3-1-2-10(12(11)16)13(19)18-7-5-14(9-18)4-6-17-8-14/h1-3,17H,4-9,16H2. The molecule has 2 aliphatic rings. The van der Waals surface area contributed by atoms with E-state index >= 15 is 0 Å². The van der Waals surface area contributed by atoms with Crippen LogP contribution in [-0.2, 0) is 0 Å². The van der Waals surface area contributed by atoms with Crippen LogP contribution in [0.3, 0.4) is 0 Å². The minimum atomic E-state index is -0.526. The van der Waals surface area contributed by atoms with E-state index < -0.39 is 5.82 Å². The molecule has 1 aromatic carbocycles. The van der Waals surface area contributed by atoms with E-state index in [1.54, 1.807) is 11.0 Å². The van der Waals surface area contributed by atoms with E-state index in [0.717, 1.165) is 39.0 Å². The molecule has 2 heterocycles. The topological polar surface area (TPSA) is 58.4 Å². The normalized spacial score (nSPS) is 26.3. The highest BCUT2D eigenvalue weighted by Crippen LogP contribution is 2.36. The van der Waals surface area contributed by atoms with Crippen LogP contribution < -0.4 is 11.1 Å². The molecule has 3 N–H and O–H groups in total. The molecule has 1 amide bonds. The SMILES string of the molecule is Nc1c(F)cccc1C(=O)N1CCC2(CCNC2)C1. The number of para-hydroxylation sites is 1. The predicted molar refractivity (Wildman–Crippen MR) is 71.3 cm³/mol. The van der Waals surface area contributed by atoms with Crippen LogP contribution >= 0.6 is 0 Å². The molecule has 4 nitrogen and oxygen atoms in total. The van der Waals surface area contributed by atoms with E-state index in [2.05, 4.69) is 5.32 Å². The number of anilines is 1. The number of carbonyl (C=O) groups is 1. The van der Waals surface area contributed by atoms with Gasteiger partial charge in [0.05, 0.1) is 11.3 Å². The minimum Gasteiger partial charge on any atom is -0.396 e. The Balaban J connectivity index is 1.80. The number of rotatable bonds is 1. The number of halogens is 1. The molecule has 0 bridgehead atoms. The Bertz CT molecular complexity index is 511. The van der Waals surface area contributed by atoms with Crippen LogP contribution in [0.15, 0.2) is 18.2 Å². The van der Waals surface area contributed by atoms with Gasteiger partial charge >= 0.3 is 0 Å². The van der Waals surface area contributed by atoms with Gasteiger partial charge in [0.2, 0.25) is 0 Å². The first-order chi connectivity index (χ1) is 9.11. The lowest BCUT2D eigenvalue weighted by molar-refractivity contribution is 0.0776. The summed E-state index contributed by atoms with van der Waals surface area (Å²) in [5.41, 5.74) is 6.12. The van der Waals surface area contributed by atoms with Crippen LogP contribution in [-0.4, -0.2) is 37.0 Å². The molecule has 5 heteroatoms. The van der Waals surface area contributed by atoms with Gasteiger partial charge in [-0.15, -0.1) is 0 Å². The summed E-state index contributed by atoms with van der Waals surface area (Å²) in [7, 11) is 0. The minimum absolute atomic E-state index is 0.0435. The summed E-state index contributed by atoms with van der Waals surface area (Å²) >= 11 is 0. The second-order valence-electron chi connectivity index (χ2n) is 5.60. The number of likely N-dealkylation sites (tertiary alicyclic amines) is 1. The fraction of sp³-hybridized carbons (Fsp3) is 0.500. The van der Waals surface area contributed by atoms with Gasteiger partial charge in [-0.25, -0.2) is 4.39 Å². The molecule has 2 aliphatic heterocycles. The average Bonchev–Trinajstić information content (AvgIpc) is 3.03. The Morgan fingerprint density at radius 3 is 3.00 bits per heavy atom. The molecule has 1 spiro atoms. The second-order valence-corrected chi connectivity index (χ2v) is 5.60. The van der Waals surface area contributed by atoms with Crippen molar-refractivity contribution >= 4 is 11.6 Å². The molecular weight excluding hydrogens is 245 g/mol. The van der Waals surface area contributed by atoms with Crippen molar-refractivity contribution in [3.8, 4) is 0 Å². The molecule has 1 unspecified atom stereocenters. The number of nitrogen functional groups attached to an aromatic ring is 1. The lowest BCUT2D eigenvalue weighted by atomic mass is 9.86. The maximum atomic E-state index is 13.4. The number of carbonyl (C=O) groups excluding carboxylic acids is 1. The van der Waals surface area contributed by atoms with Crippen LogP contribution in [0.5, 0.6) is 0 Å². The third kappa shape index (κ3) is 2.08. The molecule has 102 valence electrons. The lowest BCUT2D eigenvalue weighted by Crippen LogP contribution is -2.33. The van der Waals surface area contributed by atoms with Crippen LogP contribution in [0.4, 0.5) is 10.1 Å². The van der Waals surface area contributed by atoms with Gasteiger partial charge < -0.3 is 16.0 Å². The summed E-state index contributed by atoms with van der Waals surface area (Å²) in [5, 5.41) is 3.35. The summed E-state index contributed by atoms with van der Waals surface area (Å²) in [6.45, 7) is 3.46. The zero-order valence-electron chi connectivity index (χ0n) is 10.8. The largest absolute Gasteiger partial charge is 0.396 e. The van der Waals surface area contributed by atoms with E-state index in [9.17, 15) is 9.18 Å².